The number of rotatable bonds is 10. The van der Waals surface area contributed by atoms with Gasteiger partial charge >= 0.3 is 12.0 Å². The molecule has 3 N–H and O–H groups in total. The average Bonchev–Trinajstić information content (AvgIpc) is 3.72. The van der Waals surface area contributed by atoms with E-state index in [4.69, 9.17) is 14.2 Å². The number of hydrogen-bond donors (Lipinski definition) is 3. The fraction of sp³-hybridized carbons (Fsp3) is 0.323. The Hall–Kier alpha value is -4.76. The van der Waals surface area contributed by atoms with Gasteiger partial charge in [0.15, 0.2) is 29.5 Å². The number of carboxylic acids is 1. The zero-order chi connectivity index (χ0) is 31.5. The van der Waals surface area contributed by atoms with Gasteiger partial charge in [-0.15, -0.1) is 0 Å². The monoisotopic (exact) mass is 617 g/mol. The van der Waals surface area contributed by atoms with E-state index in [1.807, 2.05) is 42.5 Å². The van der Waals surface area contributed by atoms with Crippen LogP contribution in [0.1, 0.15) is 34.6 Å². The molecule has 45 heavy (non-hydrogen) atoms. The normalized spacial score (nSPS) is 22.7. The van der Waals surface area contributed by atoms with Gasteiger partial charge in [-0.1, -0.05) is 42.5 Å². The van der Waals surface area contributed by atoms with E-state index in [9.17, 15) is 19.1 Å². The molecule has 2 aliphatic rings. The average molecular weight is 618 g/mol. The van der Waals surface area contributed by atoms with E-state index in [-0.39, 0.29) is 30.0 Å². The minimum atomic E-state index is -1.20. The first-order valence-electron chi connectivity index (χ1n) is 14.4. The molecule has 4 heterocycles. The third-order valence-corrected chi connectivity index (χ3v) is 7.58. The Bertz CT molecular complexity index is 1720. The number of amides is 2. The Morgan fingerprint density at radius 2 is 1.87 bits per heavy atom. The van der Waals surface area contributed by atoms with Crippen molar-refractivity contribution in [2.75, 3.05) is 25.5 Å². The van der Waals surface area contributed by atoms with Crippen LogP contribution in [0.5, 0.6) is 0 Å². The molecule has 2 amide bonds. The Labute approximate surface area is 257 Å². The van der Waals surface area contributed by atoms with E-state index in [1.54, 1.807) is 29.8 Å². The molecule has 13 nitrogen and oxygen atoms in total. The van der Waals surface area contributed by atoms with E-state index in [0.29, 0.717) is 17.7 Å². The number of carbonyl (C=O) groups is 2. The molecule has 0 spiro atoms. The number of imidazole rings is 1. The van der Waals surface area contributed by atoms with Crippen LogP contribution in [0.25, 0.3) is 17.2 Å². The highest BCUT2D eigenvalue weighted by atomic mass is 19.1. The largest absolute Gasteiger partial charge is 0.478 e. The molecule has 2 aromatic carbocycles. The molecular weight excluding hydrogens is 585 g/mol. The molecular formula is C31H32FN7O6. The first-order valence-corrected chi connectivity index (χ1v) is 14.4. The van der Waals surface area contributed by atoms with E-state index in [1.165, 1.54) is 24.5 Å². The lowest BCUT2D eigenvalue weighted by Gasteiger charge is -2.25. The molecule has 4 aromatic rings. The molecule has 6 rings (SSSR count). The quantitative estimate of drug-likeness (QED) is 0.240. The summed E-state index contributed by atoms with van der Waals surface area (Å²) in [5, 5.41) is 14.9. The van der Waals surface area contributed by atoms with Crippen molar-refractivity contribution in [2.45, 2.75) is 44.3 Å². The van der Waals surface area contributed by atoms with E-state index in [0.717, 1.165) is 5.56 Å². The first-order chi connectivity index (χ1) is 21.8. The molecule has 2 fully saturated rings. The maximum absolute atomic E-state index is 14.7. The molecule has 5 atom stereocenters. The number of carbonyl (C=O) groups excluding carboxylic acids is 1. The zero-order valence-electron chi connectivity index (χ0n) is 24.5. The van der Waals surface area contributed by atoms with Crippen LogP contribution in [0.15, 0.2) is 67.3 Å². The number of nitrogens with one attached hydrogen (secondary N) is 2. The second-order valence-corrected chi connectivity index (χ2v) is 10.7. The van der Waals surface area contributed by atoms with Crippen LogP contribution in [0.3, 0.4) is 0 Å². The third-order valence-electron chi connectivity index (χ3n) is 7.58. The van der Waals surface area contributed by atoms with Crippen LogP contribution < -0.4 is 10.6 Å². The fourth-order valence-corrected chi connectivity index (χ4v) is 5.58. The number of halogens is 1. The maximum atomic E-state index is 14.7. The number of aromatic nitrogens is 4. The van der Waals surface area contributed by atoms with Crippen molar-refractivity contribution < 1.29 is 33.3 Å². The molecule has 234 valence electrons. The molecule has 4 unspecified atom stereocenters. The van der Waals surface area contributed by atoms with Crippen molar-refractivity contribution in [2.24, 2.45) is 0 Å². The SMILES string of the molecule is CCNC(=O)Nc1ncnc2c1ncn2C1OC(CN(C)Cc2c(F)cccc2C(=O)O)C2O[C@H](/C=C/c3ccccc3)OC21. The Morgan fingerprint density at radius 1 is 1.07 bits per heavy atom. The molecule has 2 saturated heterocycles. The number of nitrogens with zero attached hydrogens (tertiary/aromatic N) is 5. The minimum absolute atomic E-state index is 0.0322. The number of urea groups is 1. The smallest absolute Gasteiger partial charge is 0.336 e. The van der Waals surface area contributed by atoms with Crippen molar-refractivity contribution in [1.29, 1.82) is 0 Å². The van der Waals surface area contributed by atoms with Crippen molar-refractivity contribution >= 4 is 35.1 Å². The van der Waals surface area contributed by atoms with Gasteiger partial charge in [-0.3, -0.25) is 14.8 Å². The summed E-state index contributed by atoms with van der Waals surface area (Å²) in [6.07, 6.45) is 3.55. The number of anilines is 1. The first kappa shape index (κ1) is 30.3. The van der Waals surface area contributed by atoms with Gasteiger partial charge < -0.3 is 24.6 Å². The topological polar surface area (TPSA) is 153 Å². The van der Waals surface area contributed by atoms with Gasteiger partial charge in [0.2, 0.25) is 0 Å². The van der Waals surface area contributed by atoms with Gasteiger partial charge in [-0.2, -0.15) is 0 Å². The Balaban J connectivity index is 1.27. The number of benzene rings is 2. The zero-order valence-corrected chi connectivity index (χ0v) is 24.5. The summed E-state index contributed by atoms with van der Waals surface area (Å²) >= 11 is 0. The summed E-state index contributed by atoms with van der Waals surface area (Å²) in [4.78, 5) is 38.8. The van der Waals surface area contributed by atoms with Gasteiger partial charge in [-0.05, 0) is 37.7 Å². The number of likely N-dealkylation sites (N-methyl/N-ethyl adjacent to an activating group) is 1. The lowest BCUT2D eigenvalue weighted by atomic mass is 10.1. The second kappa shape index (κ2) is 13.1. The van der Waals surface area contributed by atoms with Crippen molar-refractivity contribution in [1.82, 2.24) is 29.7 Å². The van der Waals surface area contributed by atoms with Crippen LogP contribution in [0.2, 0.25) is 0 Å². The van der Waals surface area contributed by atoms with Gasteiger partial charge in [-0.25, -0.2) is 28.9 Å². The Morgan fingerprint density at radius 3 is 2.64 bits per heavy atom. The fourth-order valence-electron chi connectivity index (χ4n) is 5.58. The van der Waals surface area contributed by atoms with Crippen molar-refractivity contribution in [3.8, 4) is 0 Å². The summed E-state index contributed by atoms with van der Waals surface area (Å²) in [6, 6.07) is 13.3. The molecule has 0 bridgehead atoms. The van der Waals surface area contributed by atoms with E-state index in [2.05, 4.69) is 25.6 Å². The van der Waals surface area contributed by atoms with Crippen molar-refractivity contribution in [3.05, 3.63) is 89.8 Å². The number of fused-ring (bicyclic) bond motifs is 2. The van der Waals surface area contributed by atoms with Gasteiger partial charge in [0.25, 0.3) is 0 Å². The number of ether oxygens (including phenoxy) is 3. The predicted molar refractivity (Wildman–Crippen MR) is 161 cm³/mol. The van der Waals surface area contributed by atoms with Gasteiger partial charge in [0.05, 0.1) is 11.9 Å². The highest BCUT2D eigenvalue weighted by Crippen LogP contribution is 2.41. The van der Waals surface area contributed by atoms with Crippen LogP contribution in [-0.4, -0.2) is 86.3 Å². The standard InChI is InChI=1S/C31H32FN7O6/c1-3-33-31(42)37-27-24-28(35-16-34-27)39(17-36-24)29-26-25(44-23(45-26)13-12-18-8-5-4-6-9-18)22(43-29)15-38(2)14-20-19(30(40)41)10-7-11-21(20)32/h4-13,16-17,22-23,25-26,29H,3,14-15H2,1-2H3,(H,40,41)(H2,33,34,35,37,42)/b13-12+/t22?,23-,25?,26?,29?/m0/s1. The van der Waals surface area contributed by atoms with Crippen LogP contribution in [0, 0.1) is 5.82 Å². The summed E-state index contributed by atoms with van der Waals surface area (Å²) in [5.74, 6) is -1.56. The number of aromatic carboxylic acids is 1. The second-order valence-electron chi connectivity index (χ2n) is 10.7. The van der Waals surface area contributed by atoms with Crippen LogP contribution in [0.4, 0.5) is 15.0 Å². The minimum Gasteiger partial charge on any atom is -0.478 e. The molecule has 14 heteroatoms. The summed E-state index contributed by atoms with van der Waals surface area (Å²) in [5.41, 5.74) is 1.74. The highest BCUT2D eigenvalue weighted by Gasteiger charge is 2.53. The van der Waals surface area contributed by atoms with Gasteiger partial charge in [0, 0.05) is 25.2 Å². The maximum Gasteiger partial charge on any atom is 0.336 e. The molecule has 0 aliphatic carbocycles. The van der Waals surface area contributed by atoms with E-state index >= 15 is 0 Å². The predicted octanol–water partition coefficient (Wildman–Crippen LogP) is 3.66. The highest BCUT2D eigenvalue weighted by molar-refractivity contribution is 5.95. The summed E-state index contributed by atoms with van der Waals surface area (Å²) in [6.45, 7) is 2.55. The number of hydrogen-bond acceptors (Lipinski definition) is 9. The van der Waals surface area contributed by atoms with Crippen molar-refractivity contribution in [3.63, 3.8) is 0 Å². The van der Waals surface area contributed by atoms with E-state index < -0.39 is 48.6 Å². The third kappa shape index (κ3) is 6.40. The molecule has 2 aromatic heterocycles. The summed E-state index contributed by atoms with van der Waals surface area (Å²) in [7, 11) is 1.76. The Kier molecular flexibility index (Phi) is 8.80. The van der Waals surface area contributed by atoms with Crippen LogP contribution in [-0.2, 0) is 20.8 Å². The molecule has 0 radical (unpaired) electrons. The number of carboxylic acid groups (broad SMARTS) is 1. The van der Waals surface area contributed by atoms with Gasteiger partial charge in [0.1, 0.15) is 30.5 Å². The molecule has 0 saturated carbocycles. The lowest BCUT2D eigenvalue weighted by Crippen LogP contribution is -2.37. The summed E-state index contributed by atoms with van der Waals surface area (Å²) < 4.78 is 35.6. The van der Waals surface area contributed by atoms with Crippen LogP contribution >= 0.6 is 0 Å². The molecule has 2 aliphatic heterocycles. The lowest BCUT2D eigenvalue weighted by molar-refractivity contribution is -0.129.